The molecule has 20 heavy (non-hydrogen) atoms. The molecule has 0 bridgehead atoms. The Kier molecular flexibility index (Phi) is 3.68. The first-order valence-corrected chi connectivity index (χ1v) is 6.80. The molecule has 0 radical (unpaired) electrons. The molecule has 0 saturated heterocycles. The van der Waals surface area contributed by atoms with Gasteiger partial charge in [-0.2, -0.15) is 0 Å². The first-order valence-electron chi connectivity index (χ1n) is 6.42. The van der Waals surface area contributed by atoms with Crippen LogP contribution in [0.25, 0.3) is 6.08 Å². The Morgan fingerprint density at radius 2 is 1.90 bits per heavy atom. The summed E-state index contributed by atoms with van der Waals surface area (Å²) in [6, 6.07) is 15.9. The van der Waals surface area contributed by atoms with Gasteiger partial charge in [0.1, 0.15) is 0 Å². The van der Waals surface area contributed by atoms with Crippen molar-refractivity contribution < 1.29 is 4.74 Å². The van der Waals surface area contributed by atoms with Gasteiger partial charge < -0.3 is 4.74 Å². The van der Waals surface area contributed by atoms with E-state index in [9.17, 15) is 0 Å². The van der Waals surface area contributed by atoms with Crippen LogP contribution in [0.1, 0.15) is 16.7 Å². The van der Waals surface area contributed by atoms with Crippen LogP contribution in [0.3, 0.4) is 0 Å². The summed E-state index contributed by atoms with van der Waals surface area (Å²) in [6.45, 7) is 0. The molecule has 1 heterocycles. The molecule has 0 amide bonds. The number of aliphatic imine (C=N–C) groups is 1. The van der Waals surface area contributed by atoms with E-state index in [2.05, 4.69) is 0 Å². The Bertz CT molecular complexity index is 677. The summed E-state index contributed by atoms with van der Waals surface area (Å²) in [4.78, 5) is 4.70. The molecule has 1 aliphatic rings. The fourth-order valence-corrected chi connectivity index (χ4v) is 2.43. The third kappa shape index (κ3) is 2.53. The van der Waals surface area contributed by atoms with Crippen LogP contribution in [-0.2, 0) is 4.74 Å². The molecule has 1 atom stereocenters. The third-order valence-electron chi connectivity index (χ3n) is 3.26. The average molecular weight is 284 g/mol. The number of hydrogen-bond acceptors (Lipinski definition) is 2. The van der Waals surface area contributed by atoms with Crippen LogP contribution in [-0.4, -0.2) is 19.0 Å². The van der Waals surface area contributed by atoms with E-state index in [1.54, 1.807) is 7.11 Å². The molecule has 0 fully saturated rings. The van der Waals surface area contributed by atoms with E-state index >= 15 is 0 Å². The molecule has 1 unspecified atom stereocenters. The van der Waals surface area contributed by atoms with Crippen molar-refractivity contribution in [2.24, 2.45) is 4.99 Å². The third-order valence-corrected chi connectivity index (χ3v) is 3.49. The number of rotatable bonds is 2. The maximum absolute atomic E-state index is 6.14. The van der Waals surface area contributed by atoms with E-state index in [-0.39, 0.29) is 6.23 Å². The SMILES string of the molecule is COC1C=Cc2ccc(Cl)cc2C(c2ccccc2)=N1. The number of benzene rings is 2. The molecular weight excluding hydrogens is 270 g/mol. The van der Waals surface area contributed by atoms with Crippen LogP contribution in [0.2, 0.25) is 5.02 Å². The lowest BCUT2D eigenvalue weighted by Crippen LogP contribution is -2.10. The molecule has 3 rings (SSSR count). The minimum atomic E-state index is -0.281. The Hall–Kier alpha value is -1.90. The Morgan fingerprint density at radius 1 is 1.10 bits per heavy atom. The van der Waals surface area contributed by atoms with Crippen LogP contribution < -0.4 is 0 Å². The minimum absolute atomic E-state index is 0.281. The van der Waals surface area contributed by atoms with E-state index in [0.717, 1.165) is 22.4 Å². The highest BCUT2D eigenvalue weighted by Crippen LogP contribution is 2.24. The standard InChI is InChI=1S/C17H14ClNO/c1-20-16-10-8-12-7-9-14(18)11-15(12)17(19-16)13-5-3-2-4-6-13/h2-11,16H,1H3. The van der Waals surface area contributed by atoms with Crippen molar-refractivity contribution in [1.82, 2.24) is 0 Å². The minimum Gasteiger partial charge on any atom is -0.356 e. The number of ether oxygens (including phenoxy) is 1. The summed E-state index contributed by atoms with van der Waals surface area (Å²) in [7, 11) is 1.66. The van der Waals surface area contributed by atoms with Crippen LogP contribution in [0.4, 0.5) is 0 Å². The van der Waals surface area contributed by atoms with Gasteiger partial charge in [0, 0.05) is 23.3 Å². The topological polar surface area (TPSA) is 21.6 Å². The fourth-order valence-electron chi connectivity index (χ4n) is 2.26. The van der Waals surface area contributed by atoms with Crippen LogP contribution in [0, 0.1) is 0 Å². The lowest BCUT2D eigenvalue weighted by molar-refractivity contribution is 0.149. The van der Waals surface area contributed by atoms with Crippen molar-refractivity contribution in [3.8, 4) is 0 Å². The summed E-state index contributed by atoms with van der Waals surface area (Å²) in [6.07, 6.45) is 3.69. The summed E-state index contributed by atoms with van der Waals surface area (Å²) in [5.41, 5.74) is 4.08. The first-order chi connectivity index (χ1) is 9.78. The van der Waals surface area contributed by atoms with Crippen molar-refractivity contribution in [2.45, 2.75) is 6.23 Å². The molecule has 2 nitrogen and oxygen atoms in total. The predicted molar refractivity (Wildman–Crippen MR) is 83.4 cm³/mol. The van der Waals surface area contributed by atoms with Gasteiger partial charge in [-0.05, 0) is 23.8 Å². The van der Waals surface area contributed by atoms with Gasteiger partial charge >= 0.3 is 0 Å². The van der Waals surface area contributed by atoms with E-state index < -0.39 is 0 Å². The first kappa shape index (κ1) is 13.1. The van der Waals surface area contributed by atoms with Crippen molar-refractivity contribution in [2.75, 3.05) is 7.11 Å². The quantitative estimate of drug-likeness (QED) is 0.810. The van der Waals surface area contributed by atoms with E-state index in [4.69, 9.17) is 21.3 Å². The van der Waals surface area contributed by atoms with Gasteiger partial charge in [0.05, 0.1) is 5.71 Å². The molecule has 3 heteroatoms. The van der Waals surface area contributed by atoms with Gasteiger partial charge in [0.25, 0.3) is 0 Å². The van der Waals surface area contributed by atoms with Gasteiger partial charge in [-0.1, -0.05) is 54.1 Å². The van der Waals surface area contributed by atoms with Crippen LogP contribution in [0.5, 0.6) is 0 Å². The molecule has 0 N–H and O–H groups in total. The van der Waals surface area contributed by atoms with E-state index in [1.807, 2.05) is 60.7 Å². The van der Waals surface area contributed by atoms with Crippen LogP contribution >= 0.6 is 11.6 Å². The van der Waals surface area contributed by atoms with Crippen molar-refractivity contribution in [1.29, 1.82) is 0 Å². The monoisotopic (exact) mass is 283 g/mol. The molecule has 0 aromatic heterocycles. The van der Waals surface area contributed by atoms with Gasteiger partial charge in [0.15, 0.2) is 6.23 Å². The Balaban J connectivity index is 2.21. The van der Waals surface area contributed by atoms with Crippen molar-refractivity contribution in [3.05, 3.63) is 76.3 Å². The Labute approximate surface area is 123 Å². The number of halogens is 1. The highest BCUT2D eigenvalue weighted by molar-refractivity contribution is 6.31. The Morgan fingerprint density at radius 3 is 2.65 bits per heavy atom. The number of fused-ring (bicyclic) bond motifs is 1. The second-order valence-corrected chi connectivity index (χ2v) is 5.00. The lowest BCUT2D eigenvalue weighted by atomic mass is 9.98. The largest absolute Gasteiger partial charge is 0.356 e. The summed E-state index contributed by atoms with van der Waals surface area (Å²) in [5, 5.41) is 0.705. The molecule has 0 spiro atoms. The molecule has 100 valence electrons. The van der Waals surface area contributed by atoms with E-state index in [0.29, 0.717) is 5.02 Å². The number of hydrogen-bond donors (Lipinski definition) is 0. The average Bonchev–Trinajstić information content (AvgIpc) is 2.67. The molecule has 2 aromatic rings. The predicted octanol–water partition coefficient (Wildman–Crippen LogP) is 4.18. The van der Waals surface area contributed by atoms with Gasteiger partial charge in [-0.25, -0.2) is 4.99 Å². The second kappa shape index (κ2) is 5.61. The summed E-state index contributed by atoms with van der Waals surface area (Å²) >= 11 is 6.14. The molecule has 0 aliphatic carbocycles. The summed E-state index contributed by atoms with van der Waals surface area (Å²) < 4.78 is 5.38. The highest BCUT2D eigenvalue weighted by atomic mass is 35.5. The zero-order valence-corrected chi connectivity index (χ0v) is 11.8. The van der Waals surface area contributed by atoms with Gasteiger partial charge in [-0.15, -0.1) is 0 Å². The maximum Gasteiger partial charge on any atom is 0.167 e. The van der Waals surface area contributed by atoms with Crippen LogP contribution in [0.15, 0.2) is 59.6 Å². The fraction of sp³-hybridized carbons (Fsp3) is 0.118. The molecule has 1 aliphatic heterocycles. The molecule has 2 aromatic carbocycles. The zero-order chi connectivity index (χ0) is 13.9. The van der Waals surface area contributed by atoms with Gasteiger partial charge in [0.2, 0.25) is 0 Å². The normalized spacial score (nSPS) is 17.3. The smallest absolute Gasteiger partial charge is 0.167 e. The van der Waals surface area contributed by atoms with Gasteiger partial charge in [-0.3, -0.25) is 0 Å². The van der Waals surface area contributed by atoms with Crippen molar-refractivity contribution in [3.63, 3.8) is 0 Å². The number of nitrogens with zero attached hydrogens (tertiary/aromatic N) is 1. The number of methoxy groups -OCH3 is 1. The zero-order valence-electron chi connectivity index (χ0n) is 11.1. The van der Waals surface area contributed by atoms with Crippen molar-refractivity contribution >= 4 is 23.4 Å². The lowest BCUT2D eigenvalue weighted by Gasteiger charge is -2.11. The second-order valence-electron chi connectivity index (χ2n) is 4.56. The molecule has 0 saturated carbocycles. The molecular formula is C17H14ClNO. The highest BCUT2D eigenvalue weighted by Gasteiger charge is 2.16. The van der Waals surface area contributed by atoms with E-state index in [1.165, 1.54) is 0 Å². The maximum atomic E-state index is 6.14. The summed E-state index contributed by atoms with van der Waals surface area (Å²) in [5.74, 6) is 0.